The average Bonchev–Trinajstić information content (AvgIpc) is 3.70. The van der Waals surface area contributed by atoms with Crippen LogP contribution in [0.3, 0.4) is 0 Å². The highest BCUT2D eigenvalue weighted by Crippen LogP contribution is 2.44. The molecule has 0 spiro atoms. The van der Waals surface area contributed by atoms with E-state index in [2.05, 4.69) is 57.4 Å². The number of ether oxygens (including phenoxy) is 1. The van der Waals surface area contributed by atoms with E-state index in [0.29, 0.717) is 28.3 Å². The van der Waals surface area contributed by atoms with Crippen LogP contribution in [0.2, 0.25) is 5.02 Å². The summed E-state index contributed by atoms with van der Waals surface area (Å²) in [6, 6.07) is 19.5. The molecule has 5 aromatic rings. The maximum atomic E-state index is 14.0. The third kappa shape index (κ3) is 9.21. The van der Waals surface area contributed by atoms with Crippen LogP contribution in [-0.4, -0.2) is 72.6 Å². The molecule has 1 atom stereocenters. The molecule has 2 N–H and O–H groups in total. The number of piperazine rings is 1. The molecule has 2 aromatic heterocycles. The van der Waals surface area contributed by atoms with Crippen LogP contribution in [0.1, 0.15) is 74.4 Å². The molecular weight excluding hydrogens is 820 g/mol. The van der Waals surface area contributed by atoms with Gasteiger partial charge in [-0.15, -0.1) is 11.8 Å². The van der Waals surface area contributed by atoms with Gasteiger partial charge in [0, 0.05) is 83.4 Å². The Morgan fingerprint density at radius 1 is 1.08 bits per heavy atom. The molecule has 1 amide bonds. The minimum absolute atomic E-state index is 0.0127. The molecule has 4 heterocycles. The van der Waals surface area contributed by atoms with Crippen LogP contribution in [0.15, 0.2) is 94.5 Å². The number of amides is 1. The van der Waals surface area contributed by atoms with Crippen molar-refractivity contribution < 1.29 is 22.9 Å². The zero-order chi connectivity index (χ0) is 42.2. The Labute approximate surface area is 359 Å². The molecule has 3 aromatic carbocycles. The fraction of sp³-hybridized carbons (Fsp3) is 0.378. The summed E-state index contributed by atoms with van der Waals surface area (Å²) in [5, 5.41) is 13.7. The number of hydrogen-bond donors (Lipinski definition) is 2. The molecule has 314 valence electrons. The van der Waals surface area contributed by atoms with Crippen molar-refractivity contribution in [3.63, 3.8) is 0 Å². The van der Waals surface area contributed by atoms with Crippen LogP contribution < -0.4 is 14.4 Å². The number of halogens is 1. The third-order valence-corrected chi connectivity index (χ3v) is 14.8. The first-order valence-electron chi connectivity index (χ1n) is 20.5. The summed E-state index contributed by atoms with van der Waals surface area (Å²) < 4.78 is 36.2. The first-order valence-corrected chi connectivity index (χ1v) is 23.3. The lowest BCUT2D eigenvalue weighted by atomic mass is 9.72. The Kier molecular flexibility index (Phi) is 12.0. The number of nitrogens with zero attached hydrogens (tertiary/aromatic N) is 4. The number of nitrogens with one attached hydrogen (secondary N) is 2. The Balaban J connectivity index is 1.03. The maximum absolute atomic E-state index is 14.0. The van der Waals surface area contributed by atoms with Crippen molar-refractivity contribution in [3.8, 4) is 11.5 Å². The summed E-state index contributed by atoms with van der Waals surface area (Å²) in [7, 11) is -4.53. The second-order valence-electron chi connectivity index (χ2n) is 16.8. The number of aromatic amines is 1. The Morgan fingerprint density at radius 2 is 1.87 bits per heavy atom. The standard InChI is InChI=1S/C45H49ClN6O6S2/c1-4-5-29-20-38-40(52(54)55)23-36(24-42(38)59-28-29)60(56,57)49-44(53)37-11-10-34(22-41(37)58-35-21-31-13-15-47-43(31)48-26-35)51-18-16-50(17-19-51)27-32-12-14-45(2,3)25-39(32)30-6-8-33(46)9-7-30/h6-11,13,15,21-24,26,29H,4-5,12,14,16-20,25,27-28H2,1-3H3,(H,47,48)(H,49,53)/t29-/m1/s1. The zero-order valence-electron chi connectivity index (χ0n) is 34.0. The van der Waals surface area contributed by atoms with Crippen LogP contribution in [0.5, 0.6) is 11.5 Å². The number of nitro groups is 1. The number of rotatable bonds is 12. The van der Waals surface area contributed by atoms with Gasteiger partial charge < -0.3 is 14.6 Å². The number of allylic oxidation sites excluding steroid dienone is 1. The lowest BCUT2D eigenvalue weighted by molar-refractivity contribution is -0.386. The van der Waals surface area contributed by atoms with Gasteiger partial charge in [0.1, 0.15) is 17.1 Å². The molecule has 0 radical (unpaired) electrons. The minimum atomic E-state index is -4.53. The largest absolute Gasteiger partial charge is 0.455 e. The van der Waals surface area contributed by atoms with E-state index in [1.54, 1.807) is 30.5 Å². The van der Waals surface area contributed by atoms with E-state index in [0.717, 1.165) is 92.7 Å². The van der Waals surface area contributed by atoms with E-state index in [-0.39, 0.29) is 33.2 Å². The molecule has 12 nitrogen and oxygen atoms in total. The van der Waals surface area contributed by atoms with Crippen LogP contribution in [-0.2, 0) is 16.4 Å². The topological polar surface area (TPSA) is 151 Å². The number of hydrogen-bond acceptors (Lipinski definition) is 10. The molecule has 60 heavy (non-hydrogen) atoms. The maximum Gasteiger partial charge on any atom is 0.275 e. The quantitative estimate of drug-likeness (QED) is 0.0916. The number of aromatic nitrogens is 2. The third-order valence-electron chi connectivity index (χ3n) is 11.9. The number of thioether (sulfide) groups is 1. The summed E-state index contributed by atoms with van der Waals surface area (Å²) in [5.74, 6) is 0.600. The average molecular weight is 870 g/mol. The second kappa shape index (κ2) is 17.2. The van der Waals surface area contributed by atoms with Crippen LogP contribution >= 0.6 is 23.4 Å². The molecule has 3 aliphatic rings. The van der Waals surface area contributed by atoms with E-state index in [1.165, 1.54) is 40.7 Å². The van der Waals surface area contributed by atoms with E-state index in [9.17, 15) is 23.3 Å². The highest BCUT2D eigenvalue weighted by atomic mass is 35.5. The van der Waals surface area contributed by atoms with Gasteiger partial charge in [-0.1, -0.05) is 56.5 Å². The van der Waals surface area contributed by atoms with Gasteiger partial charge in [0.15, 0.2) is 0 Å². The molecule has 0 saturated carbocycles. The van der Waals surface area contributed by atoms with Gasteiger partial charge >= 0.3 is 0 Å². The van der Waals surface area contributed by atoms with Crippen LogP contribution in [0.4, 0.5) is 11.4 Å². The number of sulfonamides is 1. The van der Waals surface area contributed by atoms with E-state index >= 15 is 0 Å². The summed E-state index contributed by atoms with van der Waals surface area (Å²) in [6.45, 7) is 10.8. The summed E-state index contributed by atoms with van der Waals surface area (Å²) in [4.78, 5) is 38.1. The monoisotopic (exact) mass is 868 g/mol. The number of fused-ring (bicyclic) bond motifs is 2. The van der Waals surface area contributed by atoms with Crippen molar-refractivity contribution in [2.75, 3.05) is 43.4 Å². The van der Waals surface area contributed by atoms with Crippen molar-refractivity contribution in [2.24, 2.45) is 11.3 Å². The van der Waals surface area contributed by atoms with Crippen LogP contribution in [0.25, 0.3) is 16.6 Å². The van der Waals surface area contributed by atoms with E-state index in [1.807, 2.05) is 18.2 Å². The number of benzene rings is 3. The van der Waals surface area contributed by atoms with Crippen molar-refractivity contribution >= 4 is 67.3 Å². The molecule has 1 aliphatic carbocycles. The van der Waals surface area contributed by atoms with Gasteiger partial charge in [-0.2, -0.15) is 0 Å². The molecule has 2 aliphatic heterocycles. The lowest BCUT2D eigenvalue weighted by Crippen LogP contribution is -2.47. The molecule has 8 rings (SSSR count). The molecule has 0 unspecified atom stereocenters. The van der Waals surface area contributed by atoms with Gasteiger partial charge in [0.05, 0.1) is 21.6 Å². The fourth-order valence-electron chi connectivity index (χ4n) is 8.62. The highest BCUT2D eigenvalue weighted by Gasteiger charge is 2.33. The molecular formula is C45H49ClN6O6S2. The van der Waals surface area contributed by atoms with Crippen molar-refractivity contribution in [1.29, 1.82) is 0 Å². The van der Waals surface area contributed by atoms with Gasteiger partial charge in [0.25, 0.3) is 21.6 Å². The number of anilines is 1. The molecule has 0 bridgehead atoms. The van der Waals surface area contributed by atoms with Gasteiger partial charge in [-0.3, -0.25) is 19.8 Å². The van der Waals surface area contributed by atoms with Crippen molar-refractivity contribution in [1.82, 2.24) is 19.6 Å². The number of H-pyrrole nitrogens is 1. The van der Waals surface area contributed by atoms with Gasteiger partial charge in [0.2, 0.25) is 0 Å². The van der Waals surface area contributed by atoms with E-state index in [4.69, 9.17) is 16.3 Å². The Bertz CT molecular complexity index is 2580. The molecule has 15 heteroatoms. The van der Waals surface area contributed by atoms with E-state index < -0.39 is 20.9 Å². The summed E-state index contributed by atoms with van der Waals surface area (Å²) in [6.07, 6.45) is 8.91. The van der Waals surface area contributed by atoms with Gasteiger partial charge in [-0.25, -0.2) is 18.1 Å². The normalized spacial score (nSPS) is 18.3. The Morgan fingerprint density at radius 3 is 2.62 bits per heavy atom. The summed E-state index contributed by atoms with van der Waals surface area (Å²) in [5.41, 5.74) is 6.12. The van der Waals surface area contributed by atoms with Crippen LogP contribution in [0, 0.1) is 21.4 Å². The number of pyridine rings is 1. The predicted molar refractivity (Wildman–Crippen MR) is 238 cm³/mol. The zero-order valence-corrected chi connectivity index (χ0v) is 36.4. The first-order chi connectivity index (χ1) is 28.7. The lowest BCUT2D eigenvalue weighted by Gasteiger charge is -2.39. The smallest absolute Gasteiger partial charge is 0.275 e. The summed E-state index contributed by atoms with van der Waals surface area (Å²) >= 11 is 7.66. The SMILES string of the molecule is CCC[C@H]1CSc2cc(S(=O)(=O)NC(=O)c3ccc(N4CCN(CC5=C(c6ccc(Cl)cc6)CC(C)(C)CC5)CC4)cc3Oc3cnc4[nH]ccc4c3)cc([N+](=O)[O-])c2C1. The van der Waals surface area contributed by atoms with Crippen molar-refractivity contribution in [2.45, 2.75) is 69.1 Å². The van der Waals surface area contributed by atoms with Gasteiger partial charge in [-0.05, 0) is 97.0 Å². The minimum Gasteiger partial charge on any atom is -0.455 e. The predicted octanol–water partition coefficient (Wildman–Crippen LogP) is 9.89. The number of carbonyl (C=O) groups excluding carboxylic acids is 1. The molecule has 1 saturated heterocycles. The number of carbonyl (C=O) groups is 1. The van der Waals surface area contributed by atoms with Crippen molar-refractivity contribution in [3.05, 3.63) is 117 Å². The second-order valence-corrected chi connectivity index (χ2v) is 20.0. The fourth-order valence-corrected chi connectivity index (χ4v) is 11.1. The molecule has 1 fully saturated rings. The first kappa shape index (κ1) is 41.8. The number of nitro benzene ring substituents is 1. The Hall–Kier alpha value is -4.89. The highest BCUT2D eigenvalue weighted by molar-refractivity contribution is 7.99.